The summed E-state index contributed by atoms with van der Waals surface area (Å²) >= 11 is 6.25. The second-order valence-corrected chi connectivity index (χ2v) is 10.7. The summed E-state index contributed by atoms with van der Waals surface area (Å²) in [6.07, 6.45) is 0.703. The normalized spacial score (nSPS) is 29.7. The van der Waals surface area contributed by atoms with Crippen LogP contribution in [0.3, 0.4) is 0 Å². The van der Waals surface area contributed by atoms with Crippen LogP contribution in [0.4, 0.5) is 0 Å². The fourth-order valence-electron chi connectivity index (χ4n) is 4.31. The zero-order chi connectivity index (χ0) is 20.6. The van der Waals surface area contributed by atoms with E-state index in [0.29, 0.717) is 30.5 Å². The summed E-state index contributed by atoms with van der Waals surface area (Å²) in [6, 6.07) is 4.54. The number of sulfonamides is 1. The molecule has 28 heavy (non-hydrogen) atoms. The fraction of sp³-hybridized carbons (Fsp3) is 0.650. The number of morpholine rings is 1. The molecule has 1 aromatic rings. The monoisotopic (exact) mass is 428 g/mol. The van der Waals surface area contributed by atoms with Crippen LogP contribution in [0.1, 0.15) is 44.5 Å². The first-order valence-corrected chi connectivity index (χ1v) is 11.6. The lowest BCUT2D eigenvalue weighted by Crippen LogP contribution is -2.48. The van der Waals surface area contributed by atoms with Crippen LogP contribution in [0.5, 0.6) is 0 Å². The van der Waals surface area contributed by atoms with E-state index in [9.17, 15) is 13.2 Å². The molecule has 156 valence electrons. The number of hydrogen-bond acceptors (Lipinski definition) is 4. The second-order valence-electron chi connectivity index (χ2n) is 8.38. The van der Waals surface area contributed by atoms with Crippen molar-refractivity contribution in [2.75, 3.05) is 26.2 Å². The predicted molar refractivity (Wildman–Crippen MR) is 109 cm³/mol. The van der Waals surface area contributed by atoms with Gasteiger partial charge in [-0.15, -0.1) is 0 Å². The van der Waals surface area contributed by atoms with Crippen LogP contribution < -0.4 is 0 Å². The third-order valence-corrected chi connectivity index (χ3v) is 7.65. The Hall–Kier alpha value is -1.15. The lowest BCUT2D eigenvalue weighted by atomic mass is 9.91. The SMILES string of the molecule is CC1CC(C)CN(C(=O)c2ccc(Cl)c(S(=O)(=O)N3CC(C)OC(C)C3)c2)C1. The number of piperidine rings is 1. The van der Waals surface area contributed by atoms with E-state index >= 15 is 0 Å². The summed E-state index contributed by atoms with van der Waals surface area (Å²) in [5.74, 6) is 0.717. The van der Waals surface area contributed by atoms with Gasteiger partial charge in [-0.2, -0.15) is 4.31 Å². The third kappa shape index (κ3) is 4.53. The molecular formula is C20H29ClN2O4S. The Morgan fingerprint density at radius 1 is 1.04 bits per heavy atom. The summed E-state index contributed by atoms with van der Waals surface area (Å²) in [5, 5.41) is 0.128. The van der Waals surface area contributed by atoms with Crippen molar-refractivity contribution in [3.8, 4) is 0 Å². The van der Waals surface area contributed by atoms with Crippen LogP contribution >= 0.6 is 11.6 Å². The summed E-state index contributed by atoms with van der Waals surface area (Å²) in [4.78, 5) is 14.8. The molecule has 0 saturated carbocycles. The minimum atomic E-state index is -3.82. The molecule has 4 unspecified atom stereocenters. The molecule has 4 atom stereocenters. The van der Waals surface area contributed by atoms with Gasteiger partial charge in [0.2, 0.25) is 10.0 Å². The topological polar surface area (TPSA) is 66.9 Å². The molecule has 0 radical (unpaired) electrons. The van der Waals surface area contributed by atoms with Gasteiger partial charge in [0.1, 0.15) is 4.90 Å². The van der Waals surface area contributed by atoms with Crippen LogP contribution in [0.15, 0.2) is 23.1 Å². The number of rotatable bonds is 3. The number of ether oxygens (including phenoxy) is 1. The molecule has 3 rings (SSSR count). The molecule has 0 spiro atoms. The van der Waals surface area contributed by atoms with Crippen molar-refractivity contribution in [3.05, 3.63) is 28.8 Å². The molecule has 0 bridgehead atoms. The van der Waals surface area contributed by atoms with Crippen molar-refractivity contribution in [1.29, 1.82) is 0 Å². The van der Waals surface area contributed by atoms with E-state index < -0.39 is 10.0 Å². The van der Waals surface area contributed by atoms with Crippen LogP contribution in [0, 0.1) is 11.8 Å². The highest BCUT2D eigenvalue weighted by Gasteiger charge is 2.34. The number of nitrogens with zero attached hydrogens (tertiary/aromatic N) is 2. The quantitative estimate of drug-likeness (QED) is 0.741. The van der Waals surface area contributed by atoms with Gasteiger partial charge in [-0.25, -0.2) is 8.42 Å². The van der Waals surface area contributed by atoms with Crippen LogP contribution in [0.25, 0.3) is 0 Å². The molecule has 2 aliphatic heterocycles. The van der Waals surface area contributed by atoms with Gasteiger partial charge in [-0.1, -0.05) is 25.4 Å². The second kappa shape index (κ2) is 8.30. The highest BCUT2D eigenvalue weighted by Crippen LogP contribution is 2.29. The first-order valence-electron chi connectivity index (χ1n) is 9.82. The fourth-order valence-corrected chi connectivity index (χ4v) is 6.40. The molecule has 2 heterocycles. The van der Waals surface area contributed by atoms with Gasteiger partial charge in [0.15, 0.2) is 0 Å². The Morgan fingerprint density at radius 3 is 2.18 bits per heavy atom. The molecule has 2 saturated heterocycles. The van der Waals surface area contributed by atoms with Gasteiger partial charge in [0, 0.05) is 31.7 Å². The van der Waals surface area contributed by atoms with E-state index in [2.05, 4.69) is 13.8 Å². The van der Waals surface area contributed by atoms with Crippen molar-refractivity contribution in [2.24, 2.45) is 11.8 Å². The first kappa shape index (κ1) is 21.6. The zero-order valence-electron chi connectivity index (χ0n) is 16.9. The van der Waals surface area contributed by atoms with Gasteiger partial charge >= 0.3 is 0 Å². The maximum absolute atomic E-state index is 13.2. The van der Waals surface area contributed by atoms with Crippen molar-refractivity contribution >= 4 is 27.5 Å². The maximum Gasteiger partial charge on any atom is 0.253 e. The summed E-state index contributed by atoms with van der Waals surface area (Å²) < 4.78 is 33.5. The number of hydrogen-bond donors (Lipinski definition) is 0. The minimum Gasteiger partial charge on any atom is -0.373 e. The van der Waals surface area contributed by atoms with E-state index in [1.165, 1.54) is 16.4 Å². The smallest absolute Gasteiger partial charge is 0.253 e. The Bertz CT molecular complexity index is 825. The highest BCUT2D eigenvalue weighted by molar-refractivity contribution is 7.89. The first-order chi connectivity index (χ1) is 13.1. The van der Waals surface area contributed by atoms with Gasteiger partial charge in [0.25, 0.3) is 5.91 Å². The summed E-state index contributed by atoms with van der Waals surface area (Å²) in [5.41, 5.74) is 0.360. The number of carbonyl (C=O) groups excluding carboxylic acids is 1. The summed E-state index contributed by atoms with van der Waals surface area (Å²) in [6.45, 7) is 9.86. The van der Waals surface area contributed by atoms with Gasteiger partial charge < -0.3 is 9.64 Å². The standard InChI is InChI=1S/C20H29ClN2O4S/c1-13-7-14(2)10-22(9-13)20(24)17-5-6-18(21)19(8-17)28(25,26)23-11-15(3)27-16(4)12-23/h5-6,8,13-16H,7,9-12H2,1-4H3. The molecule has 8 heteroatoms. The maximum atomic E-state index is 13.2. The summed E-state index contributed by atoms with van der Waals surface area (Å²) in [7, 11) is -3.82. The van der Waals surface area contributed by atoms with E-state index in [1.54, 1.807) is 6.07 Å². The van der Waals surface area contributed by atoms with Gasteiger partial charge in [-0.3, -0.25) is 4.79 Å². The van der Waals surface area contributed by atoms with Crippen LogP contribution in [0.2, 0.25) is 5.02 Å². The van der Waals surface area contributed by atoms with Crippen molar-refractivity contribution in [1.82, 2.24) is 9.21 Å². The van der Waals surface area contributed by atoms with Gasteiger partial charge in [-0.05, 0) is 50.3 Å². The Balaban J connectivity index is 1.90. The van der Waals surface area contributed by atoms with Crippen molar-refractivity contribution in [2.45, 2.75) is 51.2 Å². The van der Waals surface area contributed by atoms with E-state index in [0.717, 1.165) is 6.42 Å². The molecule has 1 amide bonds. The molecule has 2 aliphatic rings. The lowest BCUT2D eigenvalue weighted by Gasteiger charge is -2.35. The van der Waals surface area contributed by atoms with E-state index in [-0.39, 0.29) is 41.1 Å². The average molecular weight is 429 g/mol. The van der Waals surface area contributed by atoms with E-state index in [4.69, 9.17) is 16.3 Å². The Kier molecular flexibility index (Phi) is 6.39. The number of benzene rings is 1. The van der Waals surface area contributed by atoms with Crippen LogP contribution in [-0.4, -0.2) is 61.9 Å². The van der Waals surface area contributed by atoms with E-state index in [1.807, 2.05) is 18.7 Å². The number of halogens is 1. The van der Waals surface area contributed by atoms with Crippen molar-refractivity contribution < 1.29 is 17.9 Å². The predicted octanol–water partition coefficient (Wildman–Crippen LogP) is 3.26. The molecule has 0 aromatic heterocycles. The Labute approximate surface area is 172 Å². The van der Waals surface area contributed by atoms with Crippen LogP contribution in [-0.2, 0) is 14.8 Å². The largest absolute Gasteiger partial charge is 0.373 e. The lowest BCUT2D eigenvalue weighted by molar-refractivity contribution is -0.0440. The molecular weight excluding hydrogens is 400 g/mol. The highest BCUT2D eigenvalue weighted by atomic mass is 35.5. The number of carbonyl (C=O) groups is 1. The molecule has 6 nitrogen and oxygen atoms in total. The molecule has 2 fully saturated rings. The number of likely N-dealkylation sites (tertiary alicyclic amines) is 1. The average Bonchev–Trinajstić information content (AvgIpc) is 2.59. The molecule has 1 aromatic carbocycles. The van der Waals surface area contributed by atoms with Crippen molar-refractivity contribution in [3.63, 3.8) is 0 Å². The Morgan fingerprint density at radius 2 is 1.61 bits per heavy atom. The molecule has 0 aliphatic carbocycles. The number of amides is 1. The third-order valence-electron chi connectivity index (χ3n) is 5.34. The zero-order valence-corrected chi connectivity index (χ0v) is 18.5. The molecule has 0 N–H and O–H groups in total. The minimum absolute atomic E-state index is 0.0144. The van der Waals surface area contributed by atoms with Gasteiger partial charge in [0.05, 0.1) is 17.2 Å².